The molecule has 1 N–H and O–H groups in total. The molecule has 0 amide bonds. The number of carbonyl (C=O) groups is 1. The van der Waals surface area contributed by atoms with Crippen LogP contribution < -0.4 is 4.74 Å². The fourth-order valence-corrected chi connectivity index (χ4v) is 4.79. The van der Waals surface area contributed by atoms with Gasteiger partial charge >= 0.3 is 5.97 Å². The van der Waals surface area contributed by atoms with Crippen LogP contribution in [0.2, 0.25) is 0 Å². The number of methoxy groups -OCH3 is 1. The molecule has 0 radical (unpaired) electrons. The molecule has 2 heterocycles. The van der Waals surface area contributed by atoms with Crippen LogP contribution >= 0.6 is 0 Å². The predicted octanol–water partition coefficient (Wildman–Crippen LogP) is 6.18. The third-order valence-corrected chi connectivity index (χ3v) is 6.39. The fourth-order valence-electron chi connectivity index (χ4n) is 4.79. The Hall–Kier alpha value is -3.71. The van der Waals surface area contributed by atoms with Crippen LogP contribution in [0, 0.1) is 11.6 Å². The number of fused-ring (bicyclic) bond motifs is 1. The molecule has 1 aromatic heterocycles. The summed E-state index contributed by atoms with van der Waals surface area (Å²) in [5, 5.41) is 10.1. The summed E-state index contributed by atoms with van der Waals surface area (Å²) in [5.41, 5.74) is 4.15. The van der Waals surface area contributed by atoms with Crippen molar-refractivity contribution in [3.05, 3.63) is 83.6 Å². The maximum Gasteiger partial charge on any atom is 0.335 e. The summed E-state index contributed by atoms with van der Waals surface area (Å²) in [4.78, 5) is 11.4. The van der Waals surface area contributed by atoms with E-state index in [1.165, 1.54) is 37.4 Å². The minimum Gasteiger partial charge on any atom is -0.494 e. The van der Waals surface area contributed by atoms with E-state index >= 15 is 0 Å². The van der Waals surface area contributed by atoms with Crippen LogP contribution in [0.15, 0.2) is 60.7 Å². The van der Waals surface area contributed by atoms with Crippen LogP contribution in [-0.2, 0) is 4.74 Å². The minimum absolute atomic E-state index is 0.106. The molecule has 34 heavy (non-hydrogen) atoms. The second kappa shape index (κ2) is 8.91. The van der Waals surface area contributed by atoms with Crippen LogP contribution in [0.4, 0.5) is 8.78 Å². The zero-order chi connectivity index (χ0) is 23.8. The van der Waals surface area contributed by atoms with E-state index in [0.717, 1.165) is 40.7 Å². The van der Waals surface area contributed by atoms with E-state index in [1.54, 1.807) is 30.3 Å². The Morgan fingerprint density at radius 2 is 1.76 bits per heavy atom. The molecule has 0 saturated carbocycles. The van der Waals surface area contributed by atoms with E-state index in [9.17, 15) is 18.7 Å². The second-order valence-corrected chi connectivity index (χ2v) is 8.35. The van der Waals surface area contributed by atoms with Crippen molar-refractivity contribution in [2.45, 2.75) is 18.8 Å². The molecule has 1 aliphatic heterocycles. The summed E-state index contributed by atoms with van der Waals surface area (Å²) in [6.45, 7) is 1.20. The molecule has 0 spiro atoms. The normalized spacial score (nSPS) is 14.4. The van der Waals surface area contributed by atoms with Crippen LogP contribution in [0.1, 0.15) is 34.8 Å². The first-order valence-corrected chi connectivity index (χ1v) is 11.1. The number of hydrogen-bond acceptors (Lipinski definition) is 3. The number of ether oxygens (including phenoxy) is 2. The Labute approximate surface area is 195 Å². The zero-order valence-corrected chi connectivity index (χ0v) is 18.6. The van der Waals surface area contributed by atoms with Crippen molar-refractivity contribution in [3.63, 3.8) is 0 Å². The molecule has 1 saturated heterocycles. The first-order valence-electron chi connectivity index (χ1n) is 11.1. The quantitative estimate of drug-likeness (QED) is 0.384. The number of benzene rings is 3. The van der Waals surface area contributed by atoms with Crippen molar-refractivity contribution in [3.8, 4) is 22.6 Å². The van der Waals surface area contributed by atoms with E-state index in [2.05, 4.69) is 0 Å². The van der Waals surface area contributed by atoms with Crippen molar-refractivity contribution >= 4 is 16.9 Å². The SMILES string of the molecule is COc1cc(-c2c(C3CCOCC3)n(-c3ccc(C(=O)O)cc3)c3cc(F)ccc23)ccc1F. The number of nitrogens with zero attached hydrogens (tertiary/aromatic N) is 1. The molecule has 0 bridgehead atoms. The third kappa shape index (κ3) is 3.82. The predicted molar refractivity (Wildman–Crippen MR) is 125 cm³/mol. The maximum absolute atomic E-state index is 14.5. The van der Waals surface area contributed by atoms with Gasteiger partial charge in [-0.05, 0) is 73.0 Å². The van der Waals surface area contributed by atoms with Gasteiger partial charge in [-0.1, -0.05) is 6.07 Å². The largest absolute Gasteiger partial charge is 0.494 e. The van der Waals surface area contributed by atoms with Crippen LogP contribution in [-0.4, -0.2) is 36.0 Å². The number of carboxylic acid groups (broad SMARTS) is 1. The van der Waals surface area contributed by atoms with Gasteiger partial charge < -0.3 is 19.1 Å². The lowest BCUT2D eigenvalue weighted by Crippen LogP contribution is -2.17. The number of halogens is 2. The number of carboxylic acids is 1. The molecule has 5 rings (SSSR count). The monoisotopic (exact) mass is 463 g/mol. The number of aromatic nitrogens is 1. The minimum atomic E-state index is -1.02. The van der Waals surface area contributed by atoms with E-state index in [4.69, 9.17) is 9.47 Å². The van der Waals surface area contributed by atoms with Gasteiger partial charge in [-0.15, -0.1) is 0 Å². The molecular weight excluding hydrogens is 440 g/mol. The van der Waals surface area contributed by atoms with Gasteiger partial charge in [-0.2, -0.15) is 0 Å². The highest BCUT2D eigenvalue weighted by Crippen LogP contribution is 2.44. The van der Waals surface area contributed by atoms with E-state index in [1.807, 2.05) is 4.57 Å². The Kier molecular flexibility index (Phi) is 5.79. The smallest absolute Gasteiger partial charge is 0.335 e. The van der Waals surface area contributed by atoms with Crippen molar-refractivity contribution in [1.82, 2.24) is 4.57 Å². The molecule has 3 aromatic carbocycles. The van der Waals surface area contributed by atoms with Crippen LogP contribution in [0.5, 0.6) is 5.75 Å². The van der Waals surface area contributed by atoms with Crippen molar-refractivity contribution < 1.29 is 28.2 Å². The molecule has 0 atom stereocenters. The molecular formula is C27H23F2NO4. The number of hydrogen-bond donors (Lipinski definition) is 1. The summed E-state index contributed by atoms with van der Waals surface area (Å²) in [6.07, 6.45) is 1.55. The van der Waals surface area contributed by atoms with Gasteiger partial charge in [0.2, 0.25) is 0 Å². The van der Waals surface area contributed by atoms with Gasteiger partial charge in [0, 0.05) is 41.5 Å². The molecule has 4 aromatic rings. The summed E-state index contributed by atoms with van der Waals surface area (Å²) < 4.78 is 41.5. The Morgan fingerprint density at radius 1 is 1.03 bits per heavy atom. The van der Waals surface area contributed by atoms with Crippen LogP contribution in [0.3, 0.4) is 0 Å². The molecule has 174 valence electrons. The molecule has 0 aliphatic carbocycles. The highest BCUT2D eigenvalue weighted by Gasteiger charge is 2.28. The lowest BCUT2D eigenvalue weighted by atomic mass is 9.90. The van der Waals surface area contributed by atoms with E-state index in [-0.39, 0.29) is 23.0 Å². The topological polar surface area (TPSA) is 60.7 Å². The molecule has 0 unspecified atom stereocenters. The van der Waals surface area contributed by atoms with E-state index in [0.29, 0.717) is 18.7 Å². The lowest BCUT2D eigenvalue weighted by Gasteiger charge is -2.26. The van der Waals surface area contributed by atoms with Crippen molar-refractivity contribution in [2.24, 2.45) is 0 Å². The summed E-state index contributed by atoms with van der Waals surface area (Å²) in [7, 11) is 1.42. The maximum atomic E-state index is 14.5. The molecule has 7 heteroatoms. The van der Waals surface area contributed by atoms with Gasteiger partial charge in [0.1, 0.15) is 5.82 Å². The average molecular weight is 463 g/mol. The van der Waals surface area contributed by atoms with Crippen molar-refractivity contribution in [1.29, 1.82) is 0 Å². The third-order valence-electron chi connectivity index (χ3n) is 6.39. The summed E-state index contributed by atoms with van der Waals surface area (Å²) >= 11 is 0. The summed E-state index contributed by atoms with van der Waals surface area (Å²) in [5.74, 6) is -1.62. The zero-order valence-electron chi connectivity index (χ0n) is 18.6. The molecule has 1 fully saturated rings. The Balaban J connectivity index is 1.84. The molecule has 1 aliphatic rings. The Morgan fingerprint density at radius 3 is 2.44 bits per heavy atom. The standard InChI is InChI=1S/C27H23F2NO4/c1-33-24-14-18(4-9-22(24)29)25-21-8-5-19(28)15-23(21)30(26(25)16-10-12-34-13-11-16)20-6-2-17(3-7-20)27(31)32/h2-9,14-16H,10-13H2,1H3,(H,31,32). The number of aromatic carboxylic acids is 1. The average Bonchev–Trinajstić information content (AvgIpc) is 3.19. The fraction of sp³-hybridized carbons (Fsp3) is 0.222. The second-order valence-electron chi connectivity index (χ2n) is 8.35. The van der Waals surface area contributed by atoms with Gasteiger partial charge in [0.25, 0.3) is 0 Å². The van der Waals surface area contributed by atoms with Crippen molar-refractivity contribution in [2.75, 3.05) is 20.3 Å². The highest BCUT2D eigenvalue weighted by molar-refractivity contribution is 6.00. The van der Waals surface area contributed by atoms with Gasteiger partial charge in [-0.3, -0.25) is 0 Å². The van der Waals surface area contributed by atoms with E-state index < -0.39 is 11.8 Å². The first-order chi connectivity index (χ1) is 16.5. The van der Waals surface area contributed by atoms with Crippen LogP contribution in [0.25, 0.3) is 27.7 Å². The lowest BCUT2D eigenvalue weighted by molar-refractivity contribution is 0.0697. The van der Waals surface area contributed by atoms with Gasteiger partial charge in [0.15, 0.2) is 11.6 Å². The summed E-state index contributed by atoms with van der Waals surface area (Å²) in [6, 6.07) is 15.9. The van der Waals surface area contributed by atoms with Gasteiger partial charge in [0.05, 0.1) is 18.2 Å². The molecule has 5 nitrogen and oxygen atoms in total. The van der Waals surface area contributed by atoms with Gasteiger partial charge in [-0.25, -0.2) is 13.6 Å². The number of rotatable bonds is 5. The first kappa shape index (κ1) is 22.1. The Bertz CT molecular complexity index is 1370. The highest BCUT2D eigenvalue weighted by atomic mass is 19.1.